The Kier molecular flexibility index (Phi) is 9.01. The van der Waals surface area contributed by atoms with Crippen molar-refractivity contribution < 1.29 is 19.1 Å². The van der Waals surface area contributed by atoms with Crippen molar-refractivity contribution in [1.82, 2.24) is 5.32 Å². The van der Waals surface area contributed by atoms with Crippen molar-refractivity contribution in [3.8, 4) is 11.8 Å². The van der Waals surface area contributed by atoms with Gasteiger partial charge in [-0.05, 0) is 36.8 Å². The number of allylic oxidation sites excluding steroid dienone is 2. The molecule has 180 valence electrons. The van der Waals surface area contributed by atoms with Gasteiger partial charge in [-0.2, -0.15) is 5.26 Å². The number of carbonyl (C=O) groups is 2. The van der Waals surface area contributed by atoms with Crippen LogP contribution in [0.3, 0.4) is 0 Å². The number of carbonyl (C=O) groups excluding carboxylic acids is 2. The molecule has 7 nitrogen and oxygen atoms in total. The number of rotatable bonds is 9. The highest BCUT2D eigenvalue weighted by Crippen LogP contribution is 2.41. The van der Waals surface area contributed by atoms with Crippen LogP contribution < -0.4 is 15.4 Å². The zero-order valence-corrected chi connectivity index (χ0v) is 20.8. The molecule has 2 N–H and O–H groups in total. The van der Waals surface area contributed by atoms with E-state index in [1.54, 1.807) is 62.6 Å². The van der Waals surface area contributed by atoms with Gasteiger partial charge in [0.2, 0.25) is 5.91 Å². The Bertz CT molecular complexity index is 1230. The molecule has 0 aromatic heterocycles. The van der Waals surface area contributed by atoms with Gasteiger partial charge in [0, 0.05) is 22.5 Å². The SMILES string of the molecule is C=CCOC(=O)C1=C(C)NC(SCC(=O)Nc2cccc(OC)c2)=C(C#N)C1c1ccc(Cl)cc1. The smallest absolute Gasteiger partial charge is 0.337 e. The van der Waals surface area contributed by atoms with Gasteiger partial charge in [0.25, 0.3) is 0 Å². The lowest BCUT2D eigenvalue weighted by atomic mass is 9.82. The summed E-state index contributed by atoms with van der Waals surface area (Å²) in [5.74, 6) is -0.819. The van der Waals surface area contributed by atoms with Gasteiger partial charge in [0.15, 0.2) is 0 Å². The van der Waals surface area contributed by atoms with Gasteiger partial charge in [0.05, 0.1) is 41.0 Å². The van der Waals surface area contributed by atoms with Gasteiger partial charge in [-0.1, -0.05) is 54.2 Å². The molecular formula is C26H24ClN3O4S. The molecule has 0 saturated carbocycles. The van der Waals surface area contributed by atoms with Gasteiger partial charge in [0.1, 0.15) is 12.4 Å². The van der Waals surface area contributed by atoms with Crippen LogP contribution in [-0.2, 0) is 14.3 Å². The van der Waals surface area contributed by atoms with Gasteiger partial charge >= 0.3 is 5.97 Å². The molecule has 1 aliphatic rings. The Hall–Kier alpha value is -3.67. The van der Waals surface area contributed by atoms with Crippen molar-refractivity contribution in [3.05, 3.63) is 93.6 Å². The third-order valence-electron chi connectivity index (χ3n) is 5.10. The fourth-order valence-electron chi connectivity index (χ4n) is 3.53. The molecule has 3 rings (SSSR count). The van der Waals surface area contributed by atoms with Crippen molar-refractivity contribution in [3.63, 3.8) is 0 Å². The molecule has 0 radical (unpaired) electrons. The van der Waals surface area contributed by atoms with Crippen molar-refractivity contribution in [2.75, 3.05) is 24.8 Å². The van der Waals surface area contributed by atoms with E-state index < -0.39 is 11.9 Å². The van der Waals surface area contributed by atoms with E-state index in [-0.39, 0.29) is 18.3 Å². The van der Waals surface area contributed by atoms with E-state index in [0.29, 0.717) is 43.9 Å². The molecule has 0 saturated heterocycles. The van der Waals surface area contributed by atoms with Crippen LogP contribution in [0.4, 0.5) is 5.69 Å². The molecule has 0 aliphatic carbocycles. The first kappa shape index (κ1) is 25.9. The third-order valence-corrected chi connectivity index (χ3v) is 6.37. The normalized spacial score (nSPS) is 15.1. The lowest BCUT2D eigenvalue weighted by Crippen LogP contribution is -2.29. The zero-order valence-electron chi connectivity index (χ0n) is 19.3. The molecule has 2 aromatic carbocycles. The highest BCUT2D eigenvalue weighted by Gasteiger charge is 2.35. The van der Waals surface area contributed by atoms with Crippen molar-refractivity contribution >= 4 is 40.9 Å². The highest BCUT2D eigenvalue weighted by molar-refractivity contribution is 8.03. The third kappa shape index (κ3) is 6.47. The fourth-order valence-corrected chi connectivity index (χ4v) is 4.55. The fraction of sp³-hybridized carbons (Fsp3) is 0.192. The maximum Gasteiger partial charge on any atom is 0.337 e. The van der Waals surface area contributed by atoms with Crippen molar-refractivity contribution in [2.24, 2.45) is 0 Å². The van der Waals surface area contributed by atoms with Crippen molar-refractivity contribution in [2.45, 2.75) is 12.8 Å². The minimum atomic E-state index is -0.681. The number of hydrogen-bond acceptors (Lipinski definition) is 7. The van der Waals surface area contributed by atoms with Crippen LogP contribution in [0.5, 0.6) is 5.75 Å². The van der Waals surface area contributed by atoms with Gasteiger partial charge < -0.3 is 20.1 Å². The Morgan fingerprint density at radius 1 is 1.29 bits per heavy atom. The number of methoxy groups -OCH3 is 1. The number of hydrogen-bond donors (Lipinski definition) is 2. The van der Waals surface area contributed by atoms with E-state index >= 15 is 0 Å². The summed E-state index contributed by atoms with van der Waals surface area (Å²) in [4.78, 5) is 25.5. The Labute approximate surface area is 213 Å². The lowest BCUT2D eigenvalue weighted by Gasteiger charge is -2.29. The van der Waals surface area contributed by atoms with Gasteiger partial charge in [-0.3, -0.25) is 4.79 Å². The standard InChI is InChI=1S/C26H24ClN3O4S/c1-4-12-34-26(32)23-16(2)29-25(21(14-28)24(23)17-8-10-18(27)11-9-17)35-15-22(31)30-19-6-5-7-20(13-19)33-3/h4-11,13,24,29H,1,12,15H2,2-3H3,(H,30,31). The monoisotopic (exact) mass is 509 g/mol. The topological polar surface area (TPSA) is 100 Å². The lowest BCUT2D eigenvalue weighted by molar-refractivity contribution is -0.138. The van der Waals surface area contributed by atoms with E-state index in [2.05, 4.69) is 23.3 Å². The highest BCUT2D eigenvalue weighted by atomic mass is 35.5. The maximum atomic E-state index is 12.9. The molecule has 1 atom stereocenters. The summed E-state index contributed by atoms with van der Waals surface area (Å²) in [6.45, 7) is 5.35. The summed E-state index contributed by atoms with van der Waals surface area (Å²) >= 11 is 7.23. The second kappa shape index (κ2) is 12.2. The Morgan fingerprint density at radius 2 is 2.03 bits per heavy atom. The molecule has 1 unspecified atom stereocenters. The quantitative estimate of drug-likeness (QED) is 0.356. The first-order valence-corrected chi connectivity index (χ1v) is 12.0. The number of benzene rings is 2. The van der Waals surface area contributed by atoms with E-state index in [9.17, 15) is 14.9 Å². The molecule has 9 heteroatoms. The van der Waals surface area contributed by atoms with Crippen LogP contribution in [0.2, 0.25) is 5.02 Å². The summed E-state index contributed by atoms with van der Waals surface area (Å²) in [5.41, 5.74) is 2.46. The number of ether oxygens (including phenoxy) is 2. The van der Waals surface area contributed by atoms with E-state index in [1.807, 2.05) is 0 Å². The number of nitriles is 1. The number of amides is 1. The number of dihydropyridines is 1. The summed E-state index contributed by atoms with van der Waals surface area (Å²) < 4.78 is 10.5. The Balaban J connectivity index is 1.88. The molecule has 1 heterocycles. The maximum absolute atomic E-state index is 12.9. The average Bonchev–Trinajstić information content (AvgIpc) is 2.86. The summed E-state index contributed by atoms with van der Waals surface area (Å²) in [7, 11) is 1.55. The van der Waals surface area contributed by atoms with E-state index in [0.717, 1.165) is 0 Å². The Morgan fingerprint density at radius 3 is 2.69 bits per heavy atom. The number of nitrogens with one attached hydrogen (secondary N) is 2. The minimum Gasteiger partial charge on any atom is -0.497 e. The van der Waals surface area contributed by atoms with Crippen LogP contribution in [-0.4, -0.2) is 31.3 Å². The van der Waals surface area contributed by atoms with Crippen molar-refractivity contribution in [1.29, 1.82) is 5.26 Å². The molecule has 0 fully saturated rings. The van der Waals surface area contributed by atoms with Crippen LogP contribution >= 0.6 is 23.4 Å². The molecule has 1 aliphatic heterocycles. The zero-order chi connectivity index (χ0) is 25.4. The second-order valence-corrected chi connectivity index (χ2v) is 8.88. The van der Waals surface area contributed by atoms with Crippen LogP contribution in [0.25, 0.3) is 0 Å². The molecule has 0 bridgehead atoms. The molecule has 35 heavy (non-hydrogen) atoms. The van der Waals surface area contributed by atoms with Crippen LogP contribution in [0.1, 0.15) is 18.4 Å². The predicted octanol–water partition coefficient (Wildman–Crippen LogP) is 5.15. The van der Waals surface area contributed by atoms with Crippen LogP contribution in [0, 0.1) is 11.3 Å². The predicted molar refractivity (Wildman–Crippen MR) is 138 cm³/mol. The second-order valence-electron chi connectivity index (χ2n) is 7.46. The summed E-state index contributed by atoms with van der Waals surface area (Å²) in [6, 6.07) is 16.2. The first-order chi connectivity index (χ1) is 16.9. The number of nitrogens with zero attached hydrogens (tertiary/aromatic N) is 1. The van der Waals surface area contributed by atoms with Gasteiger partial charge in [-0.15, -0.1) is 0 Å². The molecule has 1 amide bonds. The minimum absolute atomic E-state index is 0.0423. The average molecular weight is 510 g/mol. The number of halogens is 1. The van der Waals surface area contributed by atoms with Gasteiger partial charge in [-0.25, -0.2) is 4.79 Å². The molecule has 0 spiro atoms. The molecule has 2 aromatic rings. The largest absolute Gasteiger partial charge is 0.497 e. The van der Waals surface area contributed by atoms with Crippen LogP contribution in [0.15, 0.2) is 83.1 Å². The number of esters is 1. The first-order valence-electron chi connectivity index (χ1n) is 10.6. The van der Waals surface area contributed by atoms with E-state index in [4.69, 9.17) is 21.1 Å². The summed E-state index contributed by atoms with van der Waals surface area (Å²) in [5, 5.41) is 17.0. The summed E-state index contributed by atoms with van der Waals surface area (Å²) in [6.07, 6.45) is 1.48. The van der Waals surface area contributed by atoms with E-state index in [1.165, 1.54) is 17.8 Å². The number of thioether (sulfide) groups is 1. The number of anilines is 1. The molecular weight excluding hydrogens is 486 g/mol.